The Hall–Kier alpha value is -2.29. The summed E-state index contributed by atoms with van der Waals surface area (Å²) >= 11 is 0. The third-order valence-electron chi connectivity index (χ3n) is 14.0. The molecule has 0 aromatic carbocycles. The van der Waals surface area contributed by atoms with Crippen LogP contribution in [0.4, 0.5) is 0 Å². The maximum absolute atomic E-state index is 13.5. The van der Waals surface area contributed by atoms with Crippen molar-refractivity contribution >= 4 is 19.7 Å². The molecule has 9 nitrogen and oxygen atoms in total. The van der Waals surface area contributed by atoms with Crippen LogP contribution in [0.15, 0.2) is 60.8 Å². The van der Waals surface area contributed by atoms with E-state index in [0.29, 0.717) is 17.4 Å². The van der Waals surface area contributed by atoms with E-state index in [4.69, 9.17) is 13.8 Å². The van der Waals surface area contributed by atoms with Crippen LogP contribution >= 0.6 is 7.82 Å². The van der Waals surface area contributed by atoms with Crippen molar-refractivity contribution in [3.63, 3.8) is 0 Å². The Morgan fingerprint density at radius 3 is 1.24 bits per heavy atom. The van der Waals surface area contributed by atoms with E-state index in [2.05, 4.69) is 74.7 Å². The third-order valence-corrected chi connectivity index (χ3v) is 14.9. The first-order valence-electron chi connectivity index (χ1n) is 31.6. The summed E-state index contributed by atoms with van der Waals surface area (Å²) in [6.07, 6.45) is 69.0. The second kappa shape index (κ2) is 55.0. The van der Waals surface area contributed by atoms with Crippen molar-refractivity contribution in [2.75, 3.05) is 40.9 Å². The molecule has 0 aliphatic carbocycles. The standard InChI is InChI=1S/C65H121N2O7P/c1-7-10-13-16-19-22-25-27-29-30-31-32-33-34-35-36-38-39-42-45-48-51-54-57-64(68)66-62(61-73-75(70,71)72-60-59-67(4,5)6)63(56-53-50-47-44-41-24-21-18-15-12-9-3)74-65(69)58-55-52-49-46-43-40-37-28-26-23-20-17-14-11-8-2/h19,22,27,29,31-32,34-35,53,56,62-63H,7-18,20-21,23-26,28,30,33,36-52,54-55,57-61H2,1-6H3,(H-,66,68,70,71)/b22-19-,29-27-,32-31-,35-34-,56-53-. The first-order chi connectivity index (χ1) is 36.4. The molecule has 0 bridgehead atoms. The number of ether oxygens (including phenoxy) is 1. The lowest BCUT2D eigenvalue weighted by atomic mass is 10.0. The number of nitrogens with one attached hydrogen (secondary N) is 1. The van der Waals surface area contributed by atoms with Gasteiger partial charge in [-0.05, 0) is 76.7 Å². The number of allylic oxidation sites excluding steroid dienone is 9. The number of quaternary nitrogens is 1. The molecule has 0 aromatic rings. The molecule has 75 heavy (non-hydrogen) atoms. The van der Waals surface area contributed by atoms with Gasteiger partial charge in [0, 0.05) is 12.8 Å². The van der Waals surface area contributed by atoms with Crippen LogP contribution in [0.3, 0.4) is 0 Å². The van der Waals surface area contributed by atoms with Gasteiger partial charge in [0.05, 0.1) is 33.8 Å². The fraction of sp³-hybridized carbons (Fsp3) is 0.815. The van der Waals surface area contributed by atoms with Crippen molar-refractivity contribution in [2.45, 2.75) is 303 Å². The summed E-state index contributed by atoms with van der Waals surface area (Å²) in [5.41, 5.74) is 0. The van der Waals surface area contributed by atoms with E-state index in [1.54, 1.807) is 0 Å². The van der Waals surface area contributed by atoms with Gasteiger partial charge in [-0.3, -0.25) is 14.2 Å². The molecule has 0 aliphatic rings. The van der Waals surface area contributed by atoms with Gasteiger partial charge < -0.3 is 28.5 Å². The molecule has 0 rings (SSSR count). The van der Waals surface area contributed by atoms with Gasteiger partial charge in [-0.1, -0.05) is 262 Å². The van der Waals surface area contributed by atoms with Crippen LogP contribution in [0.25, 0.3) is 0 Å². The van der Waals surface area contributed by atoms with Crippen LogP contribution in [0.2, 0.25) is 0 Å². The summed E-state index contributed by atoms with van der Waals surface area (Å²) in [6.45, 7) is 6.82. The largest absolute Gasteiger partial charge is 0.756 e. The fourth-order valence-corrected chi connectivity index (χ4v) is 9.76. The Morgan fingerprint density at radius 1 is 0.467 bits per heavy atom. The van der Waals surface area contributed by atoms with Gasteiger partial charge in [0.2, 0.25) is 5.91 Å². The lowest BCUT2D eigenvalue weighted by molar-refractivity contribution is -0.870. The highest BCUT2D eigenvalue weighted by molar-refractivity contribution is 7.45. The van der Waals surface area contributed by atoms with E-state index in [-0.39, 0.29) is 24.9 Å². The molecule has 0 aliphatic heterocycles. The molecule has 10 heteroatoms. The van der Waals surface area contributed by atoms with Crippen molar-refractivity contribution in [1.29, 1.82) is 0 Å². The highest BCUT2D eigenvalue weighted by atomic mass is 31.2. The summed E-state index contributed by atoms with van der Waals surface area (Å²) < 4.78 is 30.3. The zero-order valence-corrected chi connectivity index (χ0v) is 50.9. The Bertz CT molecular complexity index is 1470. The zero-order chi connectivity index (χ0) is 55.0. The molecule has 0 aromatic heterocycles. The van der Waals surface area contributed by atoms with Crippen molar-refractivity contribution in [3.05, 3.63) is 60.8 Å². The molecule has 0 saturated carbocycles. The minimum absolute atomic E-state index is 0.0248. The Kier molecular flexibility index (Phi) is 53.4. The number of unbranched alkanes of at least 4 members (excludes halogenated alkanes) is 33. The number of phosphoric ester groups is 1. The average Bonchev–Trinajstić information content (AvgIpc) is 3.37. The molecular formula is C65H121N2O7P. The third kappa shape index (κ3) is 56.2. The summed E-state index contributed by atoms with van der Waals surface area (Å²) in [5, 5.41) is 3.03. The molecule has 0 radical (unpaired) electrons. The van der Waals surface area contributed by atoms with Crippen LogP contribution in [-0.4, -0.2) is 69.4 Å². The molecule has 1 amide bonds. The van der Waals surface area contributed by atoms with Gasteiger partial charge >= 0.3 is 5.97 Å². The van der Waals surface area contributed by atoms with Crippen LogP contribution < -0.4 is 10.2 Å². The predicted molar refractivity (Wildman–Crippen MR) is 321 cm³/mol. The zero-order valence-electron chi connectivity index (χ0n) is 50.0. The van der Waals surface area contributed by atoms with Crippen LogP contribution in [0.5, 0.6) is 0 Å². The van der Waals surface area contributed by atoms with Crippen LogP contribution in [-0.2, 0) is 27.9 Å². The average molecular weight is 1070 g/mol. The van der Waals surface area contributed by atoms with E-state index in [1.165, 1.54) is 167 Å². The van der Waals surface area contributed by atoms with E-state index in [1.807, 2.05) is 33.3 Å². The summed E-state index contributed by atoms with van der Waals surface area (Å²) in [6, 6.07) is -0.893. The van der Waals surface area contributed by atoms with Crippen molar-refractivity contribution in [2.24, 2.45) is 0 Å². The highest BCUT2D eigenvalue weighted by Gasteiger charge is 2.27. The van der Waals surface area contributed by atoms with E-state index in [9.17, 15) is 19.0 Å². The molecular weight excluding hydrogens is 952 g/mol. The van der Waals surface area contributed by atoms with Gasteiger partial charge in [-0.15, -0.1) is 0 Å². The maximum Gasteiger partial charge on any atom is 0.306 e. The monoisotopic (exact) mass is 1070 g/mol. The molecule has 3 atom stereocenters. The Morgan fingerprint density at radius 2 is 0.813 bits per heavy atom. The van der Waals surface area contributed by atoms with Gasteiger partial charge in [0.15, 0.2) is 0 Å². The lowest BCUT2D eigenvalue weighted by Gasteiger charge is -2.30. The minimum Gasteiger partial charge on any atom is -0.756 e. The first-order valence-corrected chi connectivity index (χ1v) is 33.1. The number of amides is 1. The Labute approximate surface area is 464 Å². The molecule has 3 unspecified atom stereocenters. The van der Waals surface area contributed by atoms with Crippen molar-refractivity contribution in [3.8, 4) is 0 Å². The minimum atomic E-state index is -4.70. The molecule has 0 fully saturated rings. The first kappa shape index (κ1) is 72.7. The second-order valence-corrected chi connectivity index (χ2v) is 24.0. The smallest absolute Gasteiger partial charge is 0.306 e. The van der Waals surface area contributed by atoms with E-state index in [0.717, 1.165) is 89.9 Å². The number of hydrogen-bond acceptors (Lipinski definition) is 7. The van der Waals surface area contributed by atoms with Gasteiger partial charge in [-0.25, -0.2) is 0 Å². The van der Waals surface area contributed by atoms with E-state index >= 15 is 0 Å². The summed E-state index contributed by atoms with van der Waals surface area (Å²) in [4.78, 5) is 40.0. The number of carbonyl (C=O) groups excluding carboxylic acids is 2. The number of likely N-dealkylation sites (N-methyl/N-ethyl adjacent to an activating group) is 1. The van der Waals surface area contributed by atoms with Gasteiger partial charge in [0.25, 0.3) is 7.82 Å². The Balaban J connectivity index is 5.18. The summed E-state index contributed by atoms with van der Waals surface area (Å²) in [5.74, 6) is -0.546. The van der Waals surface area contributed by atoms with Crippen LogP contribution in [0.1, 0.15) is 290 Å². The second-order valence-electron chi connectivity index (χ2n) is 22.6. The summed E-state index contributed by atoms with van der Waals surface area (Å²) in [7, 11) is 1.18. The molecule has 0 heterocycles. The molecule has 1 N–H and O–H groups in total. The quantitative estimate of drug-likeness (QED) is 0.0212. The van der Waals surface area contributed by atoms with Gasteiger partial charge in [0.1, 0.15) is 19.3 Å². The van der Waals surface area contributed by atoms with Gasteiger partial charge in [-0.2, -0.15) is 0 Å². The number of phosphoric acid groups is 1. The number of nitrogens with zero attached hydrogens (tertiary/aromatic N) is 1. The molecule has 438 valence electrons. The normalized spacial score (nSPS) is 14.1. The van der Waals surface area contributed by atoms with Crippen LogP contribution in [0, 0.1) is 0 Å². The number of hydrogen-bond donors (Lipinski definition) is 1. The van der Waals surface area contributed by atoms with E-state index < -0.39 is 26.6 Å². The molecule has 0 spiro atoms. The number of rotatable bonds is 57. The fourth-order valence-electron chi connectivity index (χ4n) is 9.04. The predicted octanol–water partition coefficient (Wildman–Crippen LogP) is 18.8. The maximum atomic E-state index is 13.5. The number of esters is 1. The lowest BCUT2D eigenvalue weighted by Crippen LogP contribution is -2.47. The topological polar surface area (TPSA) is 114 Å². The molecule has 0 saturated heterocycles. The highest BCUT2D eigenvalue weighted by Crippen LogP contribution is 2.38. The van der Waals surface area contributed by atoms with Crippen molar-refractivity contribution in [1.82, 2.24) is 5.32 Å². The van der Waals surface area contributed by atoms with Crippen molar-refractivity contribution < 1.29 is 37.3 Å². The number of carbonyl (C=O) groups is 2. The SMILES string of the molecule is CCCCC/C=C\C/C=C\C/C=C\C/C=C\CCCCCCCCCC(=O)NC(COP(=O)([O-])OCC[N+](C)(C)C)C(/C=C\CCCCCCCCCCC)OC(=O)CCCCCCCCCCCCCCCCC.